The van der Waals surface area contributed by atoms with Crippen LogP contribution < -0.4 is 9.47 Å². The lowest BCUT2D eigenvalue weighted by Crippen LogP contribution is -1.97. The van der Waals surface area contributed by atoms with E-state index in [-0.39, 0.29) is 0 Å². The van der Waals surface area contributed by atoms with Crippen LogP contribution in [0.15, 0.2) is 18.2 Å². The maximum absolute atomic E-state index is 5.36. The van der Waals surface area contributed by atoms with Crippen molar-refractivity contribution in [3.8, 4) is 11.5 Å². The van der Waals surface area contributed by atoms with Gasteiger partial charge in [-0.15, -0.1) is 0 Å². The average molecular weight is 222 g/mol. The van der Waals surface area contributed by atoms with E-state index in [0.717, 1.165) is 17.9 Å². The topological polar surface area (TPSA) is 18.5 Å². The van der Waals surface area contributed by atoms with E-state index in [4.69, 9.17) is 9.47 Å². The van der Waals surface area contributed by atoms with E-state index in [2.05, 4.69) is 6.92 Å². The zero-order valence-corrected chi connectivity index (χ0v) is 10.6. The van der Waals surface area contributed by atoms with Crippen LogP contribution in [0.1, 0.15) is 38.2 Å². The van der Waals surface area contributed by atoms with Gasteiger partial charge >= 0.3 is 0 Å². The number of ether oxygens (including phenoxy) is 2. The van der Waals surface area contributed by atoms with E-state index in [1.807, 2.05) is 18.2 Å². The average Bonchev–Trinajstić information content (AvgIpc) is 2.34. The molecule has 0 aliphatic heterocycles. The molecule has 0 amide bonds. The maximum atomic E-state index is 5.36. The second-order valence-electron chi connectivity index (χ2n) is 3.95. The summed E-state index contributed by atoms with van der Waals surface area (Å²) in [7, 11) is 3.43. The second-order valence-corrected chi connectivity index (χ2v) is 3.95. The van der Waals surface area contributed by atoms with Crippen molar-refractivity contribution in [3.05, 3.63) is 23.8 Å². The standard InChI is InChI=1S/C14H22O2/c1-4-5-6-7-9-12-13(15-2)10-8-11-14(12)16-3/h8,10-11H,4-7,9H2,1-3H3. The largest absolute Gasteiger partial charge is 0.496 e. The molecule has 90 valence electrons. The molecule has 0 atom stereocenters. The summed E-state index contributed by atoms with van der Waals surface area (Å²) in [4.78, 5) is 0. The van der Waals surface area contributed by atoms with Crippen LogP contribution in [-0.4, -0.2) is 14.2 Å². The number of unbranched alkanes of at least 4 members (excludes halogenated alkanes) is 3. The highest BCUT2D eigenvalue weighted by molar-refractivity contribution is 5.44. The molecule has 2 heteroatoms. The summed E-state index contributed by atoms with van der Waals surface area (Å²) in [5.74, 6) is 1.88. The van der Waals surface area contributed by atoms with Gasteiger partial charge in [0.1, 0.15) is 11.5 Å². The molecule has 0 saturated heterocycles. The first-order valence-electron chi connectivity index (χ1n) is 6.03. The predicted molar refractivity (Wildman–Crippen MR) is 67.4 cm³/mol. The monoisotopic (exact) mass is 222 g/mol. The molecule has 2 nitrogen and oxygen atoms in total. The molecular weight excluding hydrogens is 200 g/mol. The van der Waals surface area contributed by atoms with E-state index >= 15 is 0 Å². The highest BCUT2D eigenvalue weighted by Gasteiger charge is 2.08. The number of hydrogen-bond acceptors (Lipinski definition) is 2. The summed E-state index contributed by atoms with van der Waals surface area (Å²) in [6.45, 7) is 2.23. The Morgan fingerprint density at radius 2 is 1.56 bits per heavy atom. The number of rotatable bonds is 7. The number of hydrogen-bond donors (Lipinski definition) is 0. The molecule has 0 saturated carbocycles. The number of methoxy groups -OCH3 is 2. The van der Waals surface area contributed by atoms with Gasteiger partial charge in [-0.1, -0.05) is 32.3 Å². The zero-order chi connectivity index (χ0) is 11.8. The van der Waals surface area contributed by atoms with E-state index < -0.39 is 0 Å². The summed E-state index contributed by atoms with van der Waals surface area (Å²) in [5.41, 5.74) is 1.20. The van der Waals surface area contributed by atoms with Crippen LogP contribution in [0.3, 0.4) is 0 Å². The van der Waals surface area contributed by atoms with Gasteiger partial charge in [0.15, 0.2) is 0 Å². The lowest BCUT2D eigenvalue weighted by atomic mass is 10.0. The van der Waals surface area contributed by atoms with Crippen LogP contribution in [0.5, 0.6) is 11.5 Å². The van der Waals surface area contributed by atoms with Crippen LogP contribution in [-0.2, 0) is 6.42 Å². The Bertz CT molecular complexity index is 285. The van der Waals surface area contributed by atoms with E-state index in [1.165, 1.54) is 31.2 Å². The lowest BCUT2D eigenvalue weighted by molar-refractivity contribution is 0.384. The van der Waals surface area contributed by atoms with Crippen LogP contribution in [0, 0.1) is 0 Å². The van der Waals surface area contributed by atoms with Crippen molar-refractivity contribution < 1.29 is 9.47 Å². The summed E-state index contributed by atoms with van der Waals surface area (Å²) < 4.78 is 10.7. The Hall–Kier alpha value is -1.18. The minimum absolute atomic E-state index is 0.941. The molecule has 0 radical (unpaired) electrons. The second kappa shape index (κ2) is 7.15. The fraction of sp³-hybridized carbons (Fsp3) is 0.571. The summed E-state index contributed by atoms with van der Waals surface area (Å²) >= 11 is 0. The molecule has 0 unspecified atom stereocenters. The maximum Gasteiger partial charge on any atom is 0.125 e. The van der Waals surface area contributed by atoms with E-state index in [9.17, 15) is 0 Å². The summed E-state index contributed by atoms with van der Waals surface area (Å²) in [6.07, 6.45) is 6.08. The van der Waals surface area contributed by atoms with Crippen molar-refractivity contribution >= 4 is 0 Å². The molecule has 0 aromatic heterocycles. The molecule has 0 aliphatic rings. The Morgan fingerprint density at radius 1 is 0.938 bits per heavy atom. The van der Waals surface area contributed by atoms with Crippen LogP contribution in [0.2, 0.25) is 0 Å². The summed E-state index contributed by atoms with van der Waals surface area (Å²) in [6, 6.07) is 5.96. The first kappa shape index (κ1) is 12.9. The minimum Gasteiger partial charge on any atom is -0.496 e. The molecule has 0 aliphatic carbocycles. The number of benzene rings is 1. The highest BCUT2D eigenvalue weighted by Crippen LogP contribution is 2.29. The van der Waals surface area contributed by atoms with Gasteiger partial charge < -0.3 is 9.47 Å². The van der Waals surface area contributed by atoms with Crippen LogP contribution in [0.25, 0.3) is 0 Å². The molecule has 0 bridgehead atoms. The fourth-order valence-electron chi connectivity index (χ4n) is 1.90. The zero-order valence-electron chi connectivity index (χ0n) is 10.6. The Kier molecular flexibility index (Phi) is 5.76. The van der Waals surface area contributed by atoms with Gasteiger partial charge in [0.05, 0.1) is 14.2 Å². The van der Waals surface area contributed by atoms with Gasteiger partial charge in [-0.25, -0.2) is 0 Å². The first-order valence-corrected chi connectivity index (χ1v) is 6.03. The SMILES string of the molecule is CCCCCCc1c(OC)cccc1OC. The smallest absolute Gasteiger partial charge is 0.125 e. The first-order chi connectivity index (χ1) is 7.83. The van der Waals surface area contributed by atoms with Crippen molar-refractivity contribution in [1.82, 2.24) is 0 Å². The van der Waals surface area contributed by atoms with Crippen LogP contribution in [0.4, 0.5) is 0 Å². The molecule has 1 rings (SSSR count). The molecule has 0 N–H and O–H groups in total. The summed E-state index contributed by atoms with van der Waals surface area (Å²) in [5, 5.41) is 0. The quantitative estimate of drug-likeness (QED) is 0.653. The molecule has 0 fully saturated rings. The van der Waals surface area contributed by atoms with Gasteiger partial charge in [0, 0.05) is 5.56 Å². The highest BCUT2D eigenvalue weighted by atomic mass is 16.5. The molecular formula is C14H22O2. The normalized spacial score (nSPS) is 10.2. The molecule has 1 aromatic carbocycles. The minimum atomic E-state index is 0.941. The lowest BCUT2D eigenvalue weighted by Gasteiger charge is -2.12. The third-order valence-electron chi connectivity index (χ3n) is 2.81. The van der Waals surface area contributed by atoms with Gasteiger partial charge in [-0.2, -0.15) is 0 Å². The molecule has 0 heterocycles. The fourth-order valence-corrected chi connectivity index (χ4v) is 1.90. The molecule has 1 aromatic rings. The third kappa shape index (κ3) is 3.44. The van der Waals surface area contributed by atoms with Gasteiger partial charge in [0.25, 0.3) is 0 Å². The van der Waals surface area contributed by atoms with Gasteiger partial charge in [-0.3, -0.25) is 0 Å². The third-order valence-corrected chi connectivity index (χ3v) is 2.81. The van der Waals surface area contributed by atoms with Crippen molar-refractivity contribution in [2.75, 3.05) is 14.2 Å². The van der Waals surface area contributed by atoms with Gasteiger partial charge in [0.2, 0.25) is 0 Å². The van der Waals surface area contributed by atoms with Crippen molar-refractivity contribution in [2.24, 2.45) is 0 Å². The van der Waals surface area contributed by atoms with Crippen molar-refractivity contribution in [2.45, 2.75) is 39.0 Å². The van der Waals surface area contributed by atoms with Crippen molar-refractivity contribution in [3.63, 3.8) is 0 Å². The predicted octanol–water partition coefficient (Wildman–Crippen LogP) is 3.83. The molecule has 0 spiro atoms. The Morgan fingerprint density at radius 3 is 2.06 bits per heavy atom. The van der Waals surface area contributed by atoms with Gasteiger partial charge in [-0.05, 0) is 25.0 Å². The van der Waals surface area contributed by atoms with E-state index in [0.29, 0.717) is 0 Å². The van der Waals surface area contributed by atoms with Crippen LogP contribution >= 0.6 is 0 Å². The Labute approximate surface area is 98.6 Å². The van der Waals surface area contributed by atoms with Crippen molar-refractivity contribution in [1.29, 1.82) is 0 Å². The van der Waals surface area contributed by atoms with E-state index in [1.54, 1.807) is 14.2 Å². The Balaban J connectivity index is 2.67. The molecule has 16 heavy (non-hydrogen) atoms.